The Morgan fingerprint density at radius 3 is 2.33 bits per heavy atom. The van der Waals surface area contributed by atoms with Crippen molar-refractivity contribution in [3.63, 3.8) is 0 Å². The summed E-state index contributed by atoms with van der Waals surface area (Å²) in [6.45, 7) is 2.18. The number of aromatic nitrogens is 1. The fraction of sp³-hybridized carbons (Fsp3) is 0.333. The van der Waals surface area contributed by atoms with Gasteiger partial charge in [0, 0.05) is 44.3 Å². The number of sulfonamides is 1. The van der Waals surface area contributed by atoms with E-state index in [1.54, 1.807) is 23.7 Å². The summed E-state index contributed by atoms with van der Waals surface area (Å²) in [6.07, 6.45) is 2.26. The summed E-state index contributed by atoms with van der Waals surface area (Å²) >= 11 is 7.71. The van der Waals surface area contributed by atoms with Gasteiger partial charge in [0.2, 0.25) is 15.9 Å². The van der Waals surface area contributed by atoms with E-state index in [9.17, 15) is 18.0 Å². The number of aryl methyl sites for hydroxylation is 1. The molecule has 3 aromatic carbocycles. The lowest BCUT2D eigenvalue weighted by atomic mass is 9.96. The van der Waals surface area contributed by atoms with Crippen LogP contribution in [0.25, 0.3) is 11.1 Å². The SMILES string of the molecule is CSCC[C@H](NS(=O)(=O)c1ccc2c(c1)oc(=O)n2C)C(=O)N1CCN([C@H](c2ccccc2)c2ccc(Cl)cc2)CC1. The van der Waals surface area contributed by atoms with Gasteiger partial charge in [0.05, 0.1) is 16.5 Å². The van der Waals surface area contributed by atoms with E-state index < -0.39 is 21.8 Å². The highest BCUT2D eigenvalue weighted by Crippen LogP contribution is 2.30. The van der Waals surface area contributed by atoms with Crippen molar-refractivity contribution in [2.24, 2.45) is 7.05 Å². The summed E-state index contributed by atoms with van der Waals surface area (Å²) in [5.41, 5.74) is 2.92. The number of benzene rings is 3. The predicted octanol–water partition coefficient (Wildman–Crippen LogP) is 4.12. The highest BCUT2D eigenvalue weighted by atomic mass is 35.5. The molecule has 2 atom stereocenters. The van der Waals surface area contributed by atoms with Gasteiger partial charge in [-0.05, 0) is 53.8 Å². The fourth-order valence-corrected chi connectivity index (χ4v) is 7.16. The molecule has 0 aliphatic carbocycles. The smallest absolute Gasteiger partial charge is 0.408 e. The van der Waals surface area contributed by atoms with Gasteiger partial charge < -0.3 is 9.32 Å². The number of carbonyl (C=O) groups excluding carboxylic acids is 1. The molecule has 1 amide bonds. The van der Waals surface area contributed by atoms with E-state index in [-0.39, 0.29) is 22.4 Å². The Labute approximate surface area is 254 Å². The van der Waals surface area contributed by atoms with Crippen molar-refractivity contribution in [3.8, 4) is 0 Å². The van der Waals surface area contributed by atoms with Gasteiger partial charge in [0.1, 0.15) is 6.04 Å². The van der Waals surface area contributed by atoms with Crippen LogP contribution in [0.1, 0.15) is 23.6 Å². The van der Waals surface area contributed by atoms with Crippen LogP contribution in [0.3, 0.4) is 0 Å². The Balaban J connectivity index is 1.32. The van der Waals surface area contributed by atoms with Crippen LogP contribution in [0.2, 0.25) is 5.02 Å². The molecule has 0 radical (unpaired) electrons. The summed E-state index contributed by atoms with van der Waals surface area (Å²) in [5.74, 6) is -0.217. The van der Waals surface area contributed by atoms with Crippen LogP contribution in [0.4, 0.5) is 0 Å². The van der Waals surface area contributed by atoms with Crippen molar-refractivity contribution in [2.75, 3.05) is 38.2 Å². The van der Waals surface area contributed by atoms with Crippen LogP contribution in [0.15, 0.2) is 86.9 Å². The first-order valence-electron chi connectivity index (χ1n) is 13.6. The van der Waals surface area contributed by atoms with E-state index in [0.717, 1.165) is 11.1 Å². The normalized spacial score (nSPS) is 16.0. The molecule has 0 spiro atoms. The minimum absolute atomic E-state index is 0.000496. The highest BCUT2D eigenvalue weighted by Gasteiger charge is 2.33. The summed E-state index contributed by atoms with van der Waals surface area (Å²) in [6, 6.07) is 21.4. The summed E-state index contributed by atoms with van der Waals surface area (Å²) in [5, 5.41) is 0.674. The number of carbonyl (C=O) groups is 1. The average Bonchev–Trinajstić information content (AvgIpc) is 3.29. The zero-order valence-electron chi connectivity index (χ0n) is 23.4. The van der Waals surface area contributed by atoms with Crippen molar-refractivity contribution in [3.05, 3.63) is 99.5 Å². The zero-order chi connectivity index (χ0) is 29.9. The molecule has 0 unspecified atom stereocenters. The number of hydrogen-bond donors (Lipinski definition) is 1. The first-order chi connectivity index (χ1) is 20.2. The van der Waals surface area contributed by atoms with Crippen LogP contribution in [-0.2, 0) is 21.9 Å². The number of halogens is 1. The quantitative estimate of drug-likeness (QED) is 0.282. The number of amides is 1. The van der Waals surface area contributed by atoms with Gasteiger partial charge >= 0.3 is 5.76 Å². The largest absolute Gasteiger partial charge is 0.419 e. The Hall–Kier alpha value is -3.09. The predicted molar refractivity (Wildman–Crippen MR) is 166 cm³/mol. The molecule has 12 heteroatoms. The number of nitrogens with one attached hydrogen (secondary N) is 1. The Morgan fingerprint density at radius 1 is 1.00 bits per heavy atom. The molecule has 0 saturated carbocycles. The average molecular weight is 629 g/mol. The van der Waals surface area contributed by atoms with Crippen LogP contribution >= 0.6 is 23.4 Å². The molecular formula is C30H33ClN4O5S2. The molecule has 4 aromatic rings. The lowest BCUT2D eigenvalue weighted by molar-refractivity contribution is -0.135. The molecule has 1 aliphatic heterocycles. The number of rotatable bonds is 10. The van der Waals surface area contributed by atoms with E-state index >= 15 is 0 Å². The van der Waals surface area contributed by atoms with Gasteiger partial charge in [0.25, 0.3) is 0 Å². The fourth-order valence-electron chi connectivity index (χ4n) is 5.32. The minimum atomic E-state index is -4.07. The van der Waals surface area contributed by atoms with E-state index in [1.807, 2.05) is 48.7 Å². The number of hydrogen-bond acceptors (Lipinski definition) is 7. The van der Waals surface area contributed by atoms with Crippen LogP contribution in [0.5, 0.6) is 0 Å². The number of thioether (sulfide) groups is 1. The monoisotopic (exact) mass is 628 g/mol. The van der Waals surface area contributed by atoms with Crippen LogP contribution < -0.4 is 10.5 Å². The zero-order valence-corrected chi connectivity index (χ0v) is 25.8. The van der Waals surface area contributed by atoms with Crippen molar-refractivity contribution in [1.82, 2.24) is 19.1 Å². The van der Waals surface area contributed by atoms with E-state index in [0.29, 0.717) is 48.9 Å². The van der Waals surface area contributed by atoms with Crippen molar-refractivity contribution in [1.29, 1.82) is 0 Å². The molecule has 5 rings (SSSR count). The lowest BCUT2D eigenvalue weighted by Crippen LogP contribution is -2.55. The summed E-state index contributed by atoms with van der Waals surface area (Å²) in [7, 11) is -2.52. The molecular weight excluding hydrogens is 596 g/mol. The molecule has 9 nitrogen and oxygen atoms in total. The van der Waals surface area contributed by atoms with Crippen LogP contribution in [-0.4, -0.2) is 72.9 Å². The third-order valence-electron chi connectivity index (χ3n) is 7.57. The van der Waals surface area contributed by atoms with E-state index in [4.69, 9.17) is 16.0 Å². The summed E-state index contributed by atoms with van der Waals surface area (Å²) in [4.78, 5) is 29.6. The number of fused-ring (bicyclic) bond motifs is 1. The standard InChI is InChI=1S/C30H33ClN4O5S2/c1-33-26-13-12-24(20-27(26)40-30(33)37)42(38,39)32-25(14-19-41-2)29(36)35-17-15-34(16-18-35)28(21-6-4-3-5-7-21)22-8-10-23(31)11-9-22/h3-13,20,25,28,32H,14-19H2,1-2H3/t25-,28+/m0/s1. The molecule has 1 N–H and O–H groups in total. The van der Waals surface area contributed by atoms with Crippen molar-refractivity contribution in [2.45, 2.75) is 23.4 Å². The number of nitrogens with zero attached hydrogens (tertiary/aromatic N) is 3. The first-order valence-corrected chi connectivity index (χ1v) is 16.9. The second kappa shape index (κ2) is 13.0. The second-order valence-corrected chi connectivity index (χ2v) is 13.4. The summed E-state index contributed by atoms with van der Waals surface area (Å²) < 4.78 is 35.9. The Kier molecular flexibility index (Phi) is 9.44. The Bertz CT molecular complexity index is 1700. The third-order valence-corrected chi connectivity index (χ3v) is 9.94. The maximum Gasteiger partial charge on any atom is 0.419 e. The molecule has 2 heterocycles. The number of piperazine rings is 1. The molecule has 42 heavy (non-hydrogen) atoms. The molecule has 1 aromatic heterocycles. The minimum Gasteiger partial charge on any atom is -0.408 e. The molecule has 1 aliphatic rings. The topological polar surface area (TPSA) is 105 Å². The molecule has 1 saturated heterocycles. The first kappa shape index (κ1) is 30.4. The van der Waals surface area contributed by atoms with E-state index in [1.165, 1.54) is 22.8 Å². The second-order valence-electron chi connectivity index (χ2n) is 10.2. The third kappa shape index (κ3) is 6.60. The maximum atomic E-state index is 13.7. The molecule has 1 fully saturated rings. The molecule has 0 bridgehead atoms. The van der Waals surface area contributed by atoms with Gasteiger partial charge in [-0.1, -0.05) is 54.1 Å². The molecule has 222 valence electrons. The van der Waals surface area contributed by atoms with Gasteiger partial charge in [-0.2, -0.15) is 16.5 Å². The van der Waals surface area contributed by atoms with Gasteiger partial charge in [-0.15, -0.1) is 0 Å². The highest BCUT2D eigenvalue weighted by molar-refractivity contribution is 7.98. The lowest BCUT2D eigenvalue weighted by Gasteiger charge is -2.40. The van der Waals surface area contributed by atoms with Gasteiger partial charge in [-0.25, -0.2) is 13.2 Å². The van der Waals surface area contributed by atoms with Gasteiger partial charge in [0.15, 0.2) is 5.58 Å². The van der Waals surface area contributed by atoms with Gasteiger partial charge in [-0.3, -0.25) is 14.3 Å². The number of oxazole rings is 1. The van der Waals surface area contributed by atoms with Crippen LogP contribution in [0, 0.1) is 0 Å². The Morgan fingerprint density at radius 2 is 1.67 bits per heavy atom. The van der Waals surface area contributed by atoms with Crippen molar-refractivity contribution < 1.29 is 17.6 Å². The maximum absolute atomic E-state index is 13.7. The van der Waals surface area contributed by atoms with E-state index in [2.05, 4.69) is 21.8 Å². The van der Waals surface area contributed by atoms with Crippen molar-refractivity contribution >= 4 is 50.4 Å².